The number of likely N-dealkylation sites (tertiary alicyclic amines) is 1. The summed E-state index contributed by atoms with van der Waals surface area (Å²) < 4.78 is 13.2. The summed E-state index contributed by atoms with van der Waals surface area (Å²) in [5.41, 5.74) is 0.920. The van der Waals surface area contributed by atoms with E-state index in [9.17, 15) is 19.3 Å². The number of rotatable bonds is 7. The van der Waals surface area contributed by atoms with Crippen LogP contribution in [-0.4, -0.2) is 35.2 Å². The van der Waals surface area contributed by atoms with Crippen LogP contribution < -0.4 is 0 Å². The number of ketones is 1. The first-order valence-corrected chi connectivity index (χ1v) is 9.29. The van der Waals surface area contributed by atoms with E-state index in [0.717, 1.165) is 44.6 Å². The van der Waals surface area contributed by atoms with Crippen molar-refractivity contribution in [2.75, 3.05) is 19.6 Å². The summed E-state index contributed by atoms with van der Waals surface area (Å²) in [6, 6.07) is 13.6. The van der Waals surface area contributed by atoms with E-state index in [0.29, 0.717) is 12.3 Å². The van der Waals surface area contributed by atoms with Crippen molar-refractivity contribution in [2.24, 2.45) is 0 Å². The number of halogens is 2. The Morgan fingerprint density at radius 2 is 1.82 bits per heavy atom. The molecule has 1 saturated heterocycles. The molecular formula is C21H24ClFN2O3. The summed E-state index contributed by atoms with van der Waals surface area (Å²) in [4.78, 5) is 25.0. The molecule has 0 atom stereocenters. The number of nitrogens with zero attached hydrogens (tertiary/aromatic N) is 2. The average molecular weight is 407 g/mol. The highest BCUT2D eigenvalue weighted by molar-refractivity contribution is 5.99. The van der Waals surface area contributed by atoms with Gasteiger partial charge in [0.1, 0.15) is 5.82 Å². The van der Waals surface area contributed by atoms with Crippen molar-refractivity contribution in [3.8, 4) is 0 Å². The second kappa shape index (κ2) is 10.3. The van der Waals surface area contributed by atoms with Crippen LogP contribution in [0, 0.1) is 15.9 Å². The lowest BCUT2D eigenvalue weighted by Gasteiger charge is -2.32. The van der Waals surface area contributed by atoms with E-state index in [1.807, 2.05) is 6.07 Å². The van der Waals surface area contributed by atoms with E-state index in [1.165, 1.54) is 11.6 Å². The van der Waals surface area contributed by atoms with Gasteiger partial charge in [0.25, 0.3) is 5.69 Å². The second-order valence-electron chi connectivity index (χ2n) is 6.97. The predicted molar refractivity (Wildman–Crippen MR) is 109 cm³/mol. The molecule has 1 aliphatic rings. The van der Waals surface area contributed by atoms with Crippen molar-refractivity contribution in [3.05, 3.63) is 75.6 Å². The van der Waals surface area contributed by atoms with Crippen LogP contribution in [0.2, 0.25) is 0 Å². The van der Waals surface area contributed by atoms with Gasteiger partial charge in [-0.05, 0) is 62.5 Å². The Kier molecular flexibility index (Phi) is 8.08. The van der Waals surface area contributed by atoms with Crippen molar-refractivity contribution in [1.82, 2.24) is 4.90 Å². The Morgan fingerprint density at radius 1 is 1.14 bits per heavy atom. The van der Waals surface area contributed by atoms with Crippen molar-refractivity contribution in [2.45, 2.75) is 31.6 Å². The highest BCUT2D eigenvalue weighted by Gasteiger charge is 2.22. The monoisotopic (exact) mass is 406 g/mol. The third-order valence-corrected chi connectivity index (χ3v) is 5.19. The zero-order chi connectivity index (χ0) is 19.2. The molecule has 0 bridgehead atoms. The van der Waals surface area contributed by atoms with E-state index in [4.69, 9.17) is 0 Å². The molecule has 0 radical (unpaired) electrons. The van der Waals surface area contributed by atoms with Crippen LogP contribution in [0.4, 0.5) is 10.1 Å². The molecule has 0 N–H and O–H groups in total. The van der Waals surface area contributed by atoms with Gasteiger partial charge in [-0.3, -0.25) is 14.9 Å². The molecule has 0 amide bonds. The Bertz CT molecular complexity index is 809. The highest BCUT2D eigenvalue weighted by Crippen LogP contribution is 2.28. The van der Waals surface area contributed by atoms with Crippen LogP contribution in [0.15, 0.2) is 48.5 Å². The molecule has 150 valence electrons. The van der Waals surface area contributed by atoms with Gasteiger partial charge in [-0.15, -0.1) is 12.4 Å². The number of nitro groups is 1. The molecule has 1 heterocycles. The van der Waals surface area contributed by atoms with Crippen LogP contribution >= 0.6 is 12.4 Å². The smallest absolute Gasteiger partial charge is 0.283 e. The first-order chi connectivity index (χ1) is 13.0. The van der Waals surface area contributed by atoms with Crippen LogP contribution in [-0.2, 0) is 0 Å². The van der Waals surface area contributed by atoms with Gasteiger partial charge in [0.15, 0.2) is 5.78 Å². The third-order valence-electron chi connectivity index (χ3n) is 5.19. The number of Topliss-reactive ketones (excluding diaryl/α,β-unsaturated/α-hetero) is 1. The summed E-state index contributed by atoms with van der Waals surface area (Å²) in [6.07, 6.45) is 3.07. The summed E-state index contributed by atoms with van der Waals surface area (Å²) in [5, 5.41) is 11.0. The van der Waals surface area contributed by atoms with Crippen LogP contribution in [0.1, 0.15) is 47.5 Å². The number of piperidine rings is 1. The molecule has 3 rings (SSSR count). The van der Waals surface area contributed by atoms with Crippen molar-refractivity contribution < 1.29 is 14.1 Å². The quantitative estimate of drug-likeness (QED) is 0.369. The minimum Gasteiger partial charge on any atom is -0.303 e. The minimum atomic E-state index is -0.709. The SMILES string of the molecule is Cl.O=C(CCCN1CCC(c2ccccc2)CC1)c1ccc(F)cc1[N+](=O)[O-]. The van der Waals surface area contributed by atoms with Gasteiger partial charge in [0, 0.05) is 6.42 Å². The third kappa shape index (κ3) is 5.59. The molecule has 28 heavy (non-hydrogen) atoms. The van der Waals surface area contributed by atoms with Gasteiger partial charge in [-0.1, -0.05) is 30.3 Å². The normalized spacial score (nSPS) is 15.0. The van der Waals surface area contributed by atoms with E-state index in [-0.39, 0.29) is 30.2 Å². The first-order valence-electron chi connectivity index (χ1n) is 9.29. The molecule has 2 aromatic rings. The molecule has 0 aliphatic carbocycles. The lowest BCUT2D eigenvalue weighted by atomic mass is 9.89. The number of hydrogen-bond donors (Lipinski definition) is 0. The maximum Gasteiger partial charge on any atom is 0.283 e. The Morgan fingerprint density at radius 3 is 2.46 bits per heavy atom. The van der Waals surface area contributed by atoms with Crippen LogP contribution in [0.5, 0.6) is 0 Å². The molecule has 0 spiro atoms. The van der Waals surface area contributed by atoms with Gasteiger partial charge in [0.2, 0.25) is 0 Å². The van der Waals surface area contributed by atoms with Crippen molar-refractivity contribution in [3.63, 3.8) is 0 Å². The zero-order valence-electron chi connectivity index (χ0n) is 15.6. The fourth-order valence-electron chi connectivity index (χ4n) is 3.70. The fourth-order valence-corrected chi connectivity index (χ4v) is 3.70. The van der Waals surface area contributed by atoms with Gasteiger partial charge in [0.05, 0.1) is 16.6 Å². The first kappa shape index (κ1) is 22.0. The second-order valence-corrected chi connectivity index (χ2v) is 6.97. The standard InChI is InChI=1S/C21H23FN2O3.ClH/c22-18-8-9-19(20(15-18)24(26)27)21(25)7-4-12-23-13-10-17(11-14-23)16-5-2-1-3-6-16;/h1-3,5-6,8-9,15,17H,4,7,10-14H2;1H. The lowest BCUT2D eigenvalue weighted by Crippen LogP contribution is -2.33. The van der Waals surface area contributed by atoms with Gasteiger partial charge >= 0.3 is 0 Å². The maximum absolute atomic E-state index is 13.2. The minimum absolute atomic E-state index is 0. The molecule has 5 nitrogen and oxygen atoms in total. The number of benzene rings is 2. The Hall–Kier alpha value is -2.31. The average Bonchev–Trinajstić information content (AvgIpc) is 2.69. The van der Waals surface area contributed by atoms with Gasteiger partial charge in [-0.2, -0.15) is 0 Å². The molecule has 0 saturated carbocycles. The molecule has 1 fully saturated rings. The molecule has 2 aromatic carbocycles. The van der Waals surface area contributed by atoms with E-state index >= 15 is 0 Å². The van der Waals surface area contributed by atoms with E-state index < -0.39 is 16.4 Å². The van der Waals surface area contributed by atoms with Crippen LogP contribution in [0.25, 0.3) is 0 Å². The summed E-state index contributed by atoms with van der Waals surface area (Å²) in [5.74, 6) is -0.425. The van der Waals surface area contributed by atoms with Crippen LogP contribution in [0.3, 0.4) is 0 Å². The summed E-state index contributed by atoms with van der Waals surface area (Å²) >= 11 is 0. The number of hydrogen-bond acceptors (Lipinski definition) is 4. The summed E-state index contributed by atoms with van der Waals surface area (Å²) in [6.45, 7) is 2.77. The van der Waals surface area contributed by atoms with Crippen molar-refractivity contribution in [1.29, 1.82) is 0 Å². The van der Waals surface area contributed by atoms with E-state index in [1.54, 1.807) is 0 Å². The molecule has 1 aliphatic heterocycles. The number of nitro benzene ring substituents is 1. The maximum atomic E-state index is 13.2. The molecule has 0 aromatic heterocycles. The summed E-state index contributed by atoms with van der Waals surface area (Å²) in [7, 11) is 0. The largest absolute Gasteiger partial charge is 0.303 e. The number of carbonyl (C=O) groups is 1. The highest BCUT2D eigenvalue weighted by atomic mass is 35.5. The van der Waals surface area contributed by atoms with Gasteiger partial charge in [-0.25, -0.2) is 4.39 Å². The molecular weight excluding hydrogens is 383 g/mol. The van der Waals surface area contributed by atoms with Gasteiger partial charge < -0.3 is 4.90 Å². The van der Waals surface area contributed by atoms with Crippen molar-refractivity contribution >= 4 is 23.9 Å². The zero-order valence-corrected chi connectivity index (χ0v) is 16.4. The van der Waals surface area contributed by atoms with E-state index in [2.05, 4.69) is 29.2 Å². The molecule has 0 unspecified atom stereocenters. The molecule has 7 heteroatoms. The lowest BCUT2D eigenvalue weighted by molar-refractivity contribution is -0.385. The topological polar surface area (TPSA) is 63.5 Å². The Labute approximate surface area is 170 Å². The Balaban J connectivity index is 0.00000280. The number of carbonyl (C=O) groups excluding carboxylic acids is 1. The predicted octanol–water partition coefficient (Wildman–Crippen LogP) is 5.00. The fraction of sp³-hybridized carbons (Fsp3) is 0.381.